The largest absolute Gasteiger partial charge is 0.328 e. The van der Waals surface area contributed by atoms with Crippen LogP contribution in [0.5, 0.6) is 0 Å². The first-order valence-corrected chi connectivity index (χ1v) is 5.33. The Bertz CT molecular complexity index is 302. The lowest BCUT2D eigenvalue weighted by atomic mass is 9.92. The summed E-state index contributed by atoms with van der Waals surface area (Å²) >= 11 is 0. The van der Waals surface area contributed by atoms with Crippen LogP contribution in [-0.4, -0.2) is 6.04 Å². The van der Waals surface area contributed by atoms with Crippen molar-refractivity contribution in [2.75, 3.05) is 0 Å². The first-order valence-electron chi connectivity index (χ1n) is 5.33. The second-order valence-corrected chi connectivity index (χ2v) is 4.46. The Balaban J connectivity index is 2.80. The molecule has 0 aromatic heterocycles. The molecule has 1 nitrogen and oxygen atoms in total. The average molecular weight is 191 g/mol. The first-order chi connectivity index (χ1) is 6.50. The Kier molecular flexibility index (Phi) is 3.70. The maximum atomic E-state index is 5.80. The second-order valence-electron chi connectivity index (χ2n) is 4.46. The van der Waals surface area contributed by atoms with Crippen molar-refractivity contribution in [1.29, 1.82) is 0 Å². The van der Waals surface area contributed by atoms with Crippen LogP contribution in [0.4, 0.5) is 0 Å². The van der Waals surface area contributed by atoms with Crippen molar-refractivity contribution in [3.63, 3.8) is 0 Å². The van der Waals surface area contributed by atoms with Gasteiger partial charge >= 0.3 is 0 Å². The van der Waals surface area contributed by atoms with E-state index in [1.165, 1.54) is 16.7 Å². The molecule has 1 heteroatoms. The van der Waals surface area contributed by atoms with Crippen LogP contribution in [0.1, 0.15) is 42.9 Å². The Morgan fingerprint density at radius 2 is 1.79 bits per heavy atom. The van der Waals surface area contributed by atoms with Gasteiger partial charge in [0.1, 0.15) is 0 Å². The van der Waals surface area contributed by atoms with Gasteiger partial charge in [-0.3, -0.25) is 0 Å². The number of benzene rings is 1. The van der Waals surface area contributed by atoms with Crippen LogP contribution in [0.15, 0.2) is 18.2 Å². The second kappa shape index (κ2) is 4.61. The van der Waals surface area contributed by atoms with Gasteiger partial charge in [0, 0.05) is 6.04 Å². The summed E-state index contributed by atoms with van der Waals surface area (Å²) in [5, 5.41) is 0. The van der Waals surface area contributed by atoms with Crippen molar-refractivity contribution in [2.45, 2.75) is 46.1 Å². The molecular formula is C13H21N. The molecule has 0 aliphatic rings. The molecule has 0 radical (unpaired) electrons. The van der Waals surface area contributed by atoms with Crippen LogP contribution in [0.3, 0.4) is 0 Å². The molecule has 0 aliphatic heterocycles. The smallest absolute Gasteiger partial charge is 0.00162 e. The maximum Gasteiger partial charge on any atom is 0.00162 e. The van der Waals surface area contributed by atoms with Crippen LogP contribution in [-0.2, 0) is 0 Å². The molecule has 2 atom stereocenters. The summed E-state index contributed by atoms with van der Waals surface area (Å²) in [6, 6.07) is 6.98. The number of rotatable bonds is 3. The molecule has 1 rings (SSSR count). The van der Waals surface area contributed by atoms with Crippen LogP contribution in [0.2, 0.25) is 0 Å². The van der Waals surface area contributed by atoms with E-state index < -0.39 is 0 Å². The fraction of sp³-hybridized carbons (Fsp3) is 0.538. The van der Waals surface area contributed by atoms with Gasteiger partial charge in [-0.15, -0.1) is 0 Å². The highest BCUT2D eigenvalue weighted by Gasteiger charge is 2.08. The number of aryl methyl sites for hydroxylation is 2. The van der Waals surface area contributed by atoms with Gasteiger partial charge in [-0.2, -0.15) is 0 Å². The summed E-state index contributed by atoms with van der Waals surface area (Å²) in [4.78, 5) is 0. The number of hydrogen-bond acceptors (Lipinski definition) is 1. The van der Waals surface area contributed by atoms with E-state index in [0.717, 1.165) is 6.42 Å². The van der Waals surface area contributed by atoms with E-state index >= 15 is 0 Å². The average Bonchev–Trinajstić information content (AvgIpc) is 2.08. The Hall–Kier alpha value is -0.820. The van der Waals surface area contributed by atoms with Crippen molar-refractivity contribution in [3.8, 4) is 0 Å². The molecule has 78 valence electrons. The van der Waals surface area contributed by atoms with Gasteiger partial charge in [0.25, 0.3) is 0 Å². The van der Waals surface area contributed by atoms with Crippen molar-refractivity contribution < 1.29 is 0 Å². The molecule has 0 saturated carbocycles. The lowest BCUT2D eigenvalue weighted by Crippen LogP contribution is -2.17. The van der Waals surface area contributed by atoms with Crippen LogP contribution >= 0.6 is 0 Å². The molecule has 2 unspecified atom stereocenters. The topological polar surface area (TPSA) is 26.0 Å². The zero-order valence-corrected chi connectivity index (χ0v) is 9.67. The summed E-state index contributed by atoms with van der Waals surface area (Å²) in [7, 11) is 0. The predicted molar refractivity (Wildman–Crippen MR) is 62.6 cm³/mol. The Morgan fingerprint density at radius 3 is 2.29 bits per heavy atom. The summed E-state index contributed by atoms with van der Waals surface area (Å²) < 4.78 is 0. The molecule has 0 bridgehead atoms. The van der Waals surface area contributed by atoms with Gasteiger partial charge in [0.15, 0.2) is 0 Å². The van der Waals surface area contributed by atoms with E-state index in [-0.39, 0.29) is 6.04 Å². The lowest BCUT2D eigenvalue weighted by Gasteiger charge is -2.15. The molecule has 0 spiro atoms. The van der Waals surface area contributed by atoms with E-state index in [1.54, 1.807) is 0 Å². The molecule has 1 aromatic carbocycles. The van der Waals surface area contributed by atoms with Crippen molar-refractivity contribution >= 4 is 0 Å². The summed E-state index contributed by atoms with van der Waals surface area (Å²) in [6.45, 7) is 8.62. The van der Waals surface area contributed by atoms with Gasteiger partial charge in [0.2, 0.25) is 0 Å². The monoisotopic (exact) mass is 191 g/mol. The molecule has 0 aliphatic carbocycles. The summed E-state index contributed by atoms with van der Waals surface area (Å²) in [5.74, 6) is 0.564. The molecular weight excluding hydrogens is 170 g/mol. The van der Waals surface area contributed by atoms with E-state index in [4.69, 9.17) is 5.73 Å². The third kappa shape index (κ3) is 2.85. The van der Waals surface area contributed by atoms with Gasteiger partial charge in [-0.05, 0) is 49.8 Å². The van der Waals surface area contributed by atoms with Crippen molar-refractivity contribution in [3.05, 3.63) is 34.9 Å². The normalized spacial score (nSPS) is 15.2. The standard InChI is InChI=1S/C13H21N/c1-9-5-6-13(8-10(9)2)11(3)7-12(4)14/h5-6,8,11-12H,7,14H2,1-4H3. The highest BCUT2D eigenvalue weighted by atomic mass is 14.6. The lowest BCUT2D eigenvalue weighted by molar-refractivity contribution is 0.586. The molecule has 0 fully saturated rings. The summed E-state index contributed by atoms with van der Waals surface area (Å²) in [6.07, 6.45) is 1.06. The molecule has 0 heterocycles. The fourth-order valence-electron chi connectivity index (χ4n) is 1.76. The number of hydrogen-bond donors (Lipinski definition) is 1. The number of nitrogens with two attached hydrogens (primary N) is 1. The molecule has 14 heavy (non-hydrogen) atoms. The third-order valence-corrected chi connectivity index (χ3v) is 2.83. The zero-order valence-electron chi connectivity index (χ0n) is 9.67. The highest BCUT2D eigenvalue weighted by molar-refractivity contribution is 5.31. The van der Waals surface area contributed by atoms with E-state index in [2.05, 4.69) is 45.9 Å². The van der Waals surface area contributed by atoms with E-state index in [9.17, 15) is 0 Å². The predicted octanol–water partition coefficient (Wildman–Crippen LogP) is 3.14. The van der Waals surface area contributed by atoms with Crippen molar-refractivity contribution in [1.82, 2.24) is 0 Å². The molecule has 0 amide bonds. The van der Waals surface area contributed by atoms with Crippen LogP contribution in [0.25, 0.3) is 0 Å². The highest BCUT2D eigenvalue weighted by Crippen LogP contribution is 2.22. The Labute approximate surface area is 87.3 Å². The minimum Gasteiger partial charge on any atom is -0.328 e. The fourth-order valence-corrected chi connectivity index (χ4v) is 1.76. The van der Waals surface area contributed by atoms with Gasteiger partial charge < -0.3 is 5.73 Å². The van der Waals surface area contributed by atoms with E-state index in [0.29, 0.717) is 5.92 Å². The van der Waals surface area contributed by atoms with E-state index in [1.807, 2.05) is 0 Å². The zero-order chi connectivity index (χ0) is 10.7. The maximum absolute atomic E-state index is 5.80. The van der Waals surface area contributed by atoms with Crippen LogP contribution < -0.4 is 5.73 Å². The van der Waals surface area contributed by atoms with Gasteiger partial charge in [-0.25, -0.2) is 0 Å². The first kappa shape index (κ1) is 11.3. The SMILES string of the molecule is Cc1ccc(C(C)CC(C)N)cc1C. The minimum absolute atomic E-state index is 0.284. The van der Waals surface area contributed by atoms with Crippen molar-refractivity contribution in [2.24, 2.45) is 5.73 Å². The molecule has 1 aromatic rings. The molecule has 0 saturated heterocycles. The molecule has 2 N–H and O–H groups in total. The van der Waals surface area contributed by atoms with Crippen LogP contribution in [0, 0.1) is 13.8 Å². The minimum atomic E-state index is 0.284. The summed E-state index contributed by atoms with van der Waals surface area (Å²) in [5.41, 5.74) is 9.94. The van der Waals surface area contributed by atoms with Gasteiger partial charge in [-0.1, -0.05) is 25.1 Å². The Morgan fingerprint density at radius 1 is 1.14 bits per heavy atom. The quantitative estimate of drug-likeness (QED) is 0.780. The van der Waals surface area contributed by atoms with Gasteiger partial charge in [0.05, 0.1) is 0 Å². The third-order valence-electron chi connectivity index (χ3n) is 2.83.